The van der Waals surface area contributed by atoms with Gasteiger partial charge in [0.2, 0.25) is 0 Å². The van der Waals surface area contributed by atoms with Crippen molar-refractivity contribution in [2.45, 2.75) is 64.8 Å². The first-order valence-corrected chi connectivity index (χ1v) is 13.5. The summed E-state index contributed by atoms with van der Waals surface area (Å²) in [5.74, 6) is 1.72. The van der Waals surface area contributed by atoms with E-state index in [1.807, 2.05) is 6.92 Å². The summed E-state index contributed by atoms with van der Waals surface area (Å²) < 4.78 is 38.7. The minimum atomic E-state index is -4.34. The number of piperidine rings is 1. The Bertz CT molecular complexity index is 1260. The Morgan fingerprint density at radius 3 is 2.45 bits per heavy atom. The Morgan fingerprint density at radius 1 is 1.05 bits per heavy atom. The van der Waals surface area contributed by atoms with Gasteiger partial charge in [0, 0.05) is 55.7 Å². The standard InChI is InChI=1S/C30H36F3N5/c1-4-5-16-37-22(3)38(19-24-8-6-7-9-28(24)37)26-14-17-36(18-15-26)20-27-21(2)34-29(35-27)23-10-12-25(13-11-23)30(31,32)33/h6-13,26H,3-5,14-20H2,1-2H3,(H,34,35). The highest BCUT2D eigenvalue weighted by atomic mass is 19.4. The van der Waals surface area contributed by atoms with E-state index >= 15 is 0 Å². The highest BCUT2D eigenvalue weighted by molar-refractivity contribution is 5.60. The summed E-state index contributed by atoms with van der Waals surface area (Å²) in [5.41, 5.74) is 4.55. The summed E-state index contributed by atoms with van der Waals surface area (Å²) in [4.78, 5) is 15.3. The van der Waals surface area contributed by atoms with Crippen LogP contribution in [-0.4, -0.2) is 45.4 Å². The van der Waals surface area contributed by atoms with Crippen LogP contribution in [0.5, 0.6) is 0 Å². The van der Waals surface area contributed by atoms with Crippen LogP contribution in [0.3, 0.4) is 0 Å². The molecule has 2 aliphatic heterocycles. The summed E-state index contributed by atoms with van der Waals surface area (Å²) in [5, 5.41) is 0. The maximum Gasteiger partial charge on any atom is 0.416 e. The third-order valence-corrected chi connectivity index (χ3v) is 7.84. The largest absolute Gasteiger partial charge is 0.416 e. The van der Waals surface area contributed by atoms with Gasteiger partial charge in [-0.3, -0.25) is 4.90 Å². The third kappa shape index (κ3) is 5.46. The molecule has 0 saturated carbocycles. The van der Waals surface area contributed by atoms with Crippen LogP contribution < -0.4 is 4.90 Å². The van der Waals surface area contributed by atoms with Crippen molar-refractivity contribution in [3.05, 3.63) is 83.4 Å². The van der Waals surface area contributed by atoms with E-state index in [0.29, 0.717) is 17.4 Å². The van der Waals surface area contributed by atoms with Gasteiger partial charge in [-0.05, 0) is 49.9 Å². The van der Waals surface area contributed by atoms with Crippen molar-refractivity contribution in [2.24, 2.45) is 0 Å². The molecule has 0 bridgehead atoms. The average Bonchev–Trinajstić information content (AvgIpc) is 3.28. The summed E-state index contributed by atoms with van der Waals surface area (Å²) in [6, 6.07) is 14.3. The first-order valence-electron chi connectivity index (χ1n) is 13.5. The van der Waals surface area contributed by atoms with Crippen LogP contribution in [-0.2, 0) is 19.3 Å². The summed E-state index contributed by atoms with van der Waals surface area (Å²) in [6.45, 7) is 13.3. The number of H-pyrrole nitrogens is 1. The van der Waals surface area contributed by atoms with E-state index in [9.17, 15) is 13.2 Å². The minimum Gasteiger partial charge on any atom is -0.351 e. The Hall–Kier alpha value is -3.26. The number of fused-ring (bicyclic) bond motifs is 1. The van der Waals surface area contributed by atoms with E-state index in [1.165, 1.54) is 23.4 Å². The average molecular weight is 524 g/mol. The molecule has 0 aliphatic carbocycles. The zero-order chi connectivity index (χ0) is 26.9. The van der Waals surface area contributed by atoms with Crippen molar-refractivity contribution in [1.82, 2.24) is 19.8 Å². The van der Waals surface area contributed by atoms with Gasteiger partial charge in [-0.2, -0.15) is 13.2 Å². The molecule has 3 heterocycles. The molecule has 2 aromatic carbocycles. The molecule has 2 aliphatic rings. The van der Waals surface area contributed by atoms with Gasteiger partial charge >= 0.3 is 6.18 Å². The first-order chi connectivity index (χ1) is 18.2. The van der Waals surface area contributed by atoms with E-state index in [2.05, 4.69) is 57.5 Å². The fourth-order valence-corrected chi connectivity index (χ4v) is 5.59. The Labute approximate surface area is 223 Å². The van der Waals surface area contributed by atoms with Crippen LogP contribution in [0.25, 0.3) is 11.4 Å². The van der Waals surface area contributed by atoms with Crippen molar-refractivity contribution in [3.8, 4) is 11.4 Å². The number of hydrogen-bond donors (Lipinski definition) is 1. The summed E-state index contributed by atoms with van der Waals surface area (Å²) >= 11 is 0. The molecule has 1 N–H and O–H groups in total. The van der Waals surface area contributed by atoms with Gasteiger partial charge in [-0.1, -0.05) is 50.3 Å². The van der Waals surface area contributed by atoms with E-state index in [1.54, 1.807) is 0 Å². The molecule has 1 saturated heterocycles. The number of halogens is 3. The monoisotopic (exact) mass is 523 g/mol. The number of nitrogens with zero attached hydrogens (tertiary/aromatic N) is 4. The number of unbranched alkanes of at least 4 members (excludes halogenated alkanes) is 1. The maximum atomic E-state index is 12.9. The van der Waals surface area contributed by atoms with Crippen molar-refractivity contribution in [3.63, 3.8) is 0 Å². The minimum absolute atomic E-state index is 0.444. The maximum absolute atomic E-state index is 12.9. The van der Waals surface area contributed by atoms with Crippen LogP contribution >= 0.6 is 0 Å². The number of aryl methyl sites for hydroxylation is 1. The zero-order valence-corrected chi connectivity index (χ0v) is 22.2. The number of alkyl halides is 3. The Kier molecular flexibility index (Phi) is 7.52. The summed E-state index contributed by atoms with van der Waals surface area (Å²) in [6.07, 6.45) is 0.0529. The van der Waals surface area contributed by atoms with Gasteiger partial charge in [0.25, 0.3) is 0 Å². The number of nitrogens with one attached hydrogen (secondary N) is 1. The first kappa shape index (κ1) is 26.4. The molecule has 202 valence electrons. The van der Waals surface area contributed by atoms with E-state index in [0.717, 1.165) is 87.7 Å². The highest BCUT2D eigenvalue weighted by Crippen LogP contribution is 2.36. The number of aromatic amines is 1. The SMILES string of the molecule is C=C1N(CCCC)c2ccccc2CN1C1CCN(Cc2nc(-c3ccc(C(F)(F)F)cc3)[nH]c2C)CC1. The molecule has 1 aromatic heterocycles. The van der Waals surface area contributed by atoms with Crippen LogP contribution in [0.1, 0.15) is 55.1 Å². The molecule has 3 aromatic rings. The molecule has 0 amide bonds. The lowest BCUT2D eigenvalue weighted by atomic mass is 9.99. The highest BCUT2D eigenvalue weighted by Gasteiger charge is 2.33. The van der Waals surface area contributed by atoms with Crippen molar-refractivity contribution in [1.29, 1.82) is 0 Å². The molecule has 0 unspecified atom stereocenters. The molecular weight excluding hydrogens is 487 g/mol. The van der Waals surface area contributed by atoms with Gasteiger partial charge in [0.15, 0.2) is 0 Å². The van der Waals surface area contributed by atoms with E-state index in [-0.39, 0.29) is 0 Å². The van der Waals surface area contributed by atoms with Gasteiger partial charge in [-0.25, -0.2) is 4.98 Å². The number of rotatable bonds is 7. The second-order valence-corrected chi connectivity index (χ2v) is 10.4. The fourth-order valence-electron chi connectivity index (χ4n) is 5.59. The summed E-state index contributed by atoms with van der Waals surface area (Å²) in [7, 11) is 0. The smallest absolute Gasteiger partial charge is 0.351 e. The second kappa shape index (κ2) is 10.8. The van der Waals surface area contributed by atoms with Crippen molar-refractivity contribution < 1.29 is 13.2 Å². The fraction of sp³-hybridized carbons (Fsp3) is 0.433. The second-order valence-electron chi connectivity index (χ2n) is 10.4. The van der Waals surface area contributed by atoms with Crippen LogP contribution in [0.2, 0.25) is 0 Å². The number of imidazole rings is 1. The lowest BCUT2D eigenvalue weighted by molar-refractivity contribution is -0.137. The topological polar surface area (TPSA) is 38.4 Å². The molecular formula is C30H36F3N5. The number of aromatic nitrogens is 2. The predicted molar refractivity (Wildman–Crippen MR) is 145 cm³/mol. The van der Waals surface area contributed by atoms with Crippen LogP contribution in [0.4, 0.5) is 18.9 Å². The van der Waals surface area contributed by atoms with E-state index in [4.69, 9.17) is 4.98 Å². The Morgan fingerprint density at radius 2 is 1.76 bits per heavy atom. The zero-order valence-electron chi connectivity index (χ0n) is 22.2. The normalized spacial score (nSPS) is 17.2. The lowest BCUT2D eigenvalue weighted by Gasteiger charge is -2.47. The lowest BCUT2D eigenvalue weighted by Crippen LogP contribution is -2.49. The van der Waals surface area contributed by atoms with Gasteiger partial charge in [-0.15, -0.1) is 0 Å². The molecule has 5 nitrogen and oxygen atoms in total. The van der Waals surface area contributed by atoms with Gasteiger partial charge in [0.05, 0.1) is 11.3 Å². The number of para-hydroxylation sites is 1. The van der Waals surface area contributed by atoms with E-state index < -0.39 is 11.7 Å². The number of hydrogen-bond acceptors (Lipinski definition) is 4. The van der Waals surface area contributed by atoms with Gasteiger partial charge in [0.1, 0.15) is 11.6 Å². The number of likely N-dealkylation sites (tertiary alicyclic amines) is 1. The van der Waals surface area contributed by atoms with Crippen LogP contribution in [0, 0.1) is 6.92 Å². The molecule has 8 heteroatoms. The van der Waals surface area contributed by atoms with Gasteiger partial charge < -0.3 is 14.8 Å². The molecule has 0 radical (unpaired) electrons. The third-order valence-electron chi connectivity index (χ3n) is 7.84. The number of anilines is 1. The van der Waals surface area contributed by atoms with Crippen molar-refractivity contribution in [2.75, 3.05) is 24.5 Å². The quantitative estimate of drug-likeness (QED) is 0.363. The molecule has 1 fully saturated rings. The van der Waals surface area contributed by atoms with Crippen molar-refractivity contribution >= 4 is 5.69 Å². The van der Waals surface area contributed by atoms with Crippen LogP contribution in [0.15, 0.2) is 60.9 Å². The Balaban J connectivity index is 1.22. The number of benzene rings is 2. The molecule has 0 spiro atoms. The molecule has 38 heavy (non-hydrogen) atoms. The predicted octanol–water partition coefficient (Wildman–Crippen LogP) is 6.96. The molecule has 5 rings (SSSR count). The molecule has 0 atom stereocenters.